The highest BCUT2D eigenvalue weighted by Gasteiger charge is 2.39. The fourth-order valence-electron chi connectivity index (χ4n) is 7.94. The average molecular weight is 911 g/mol. The van der Waals surface area contributed by atoms with Gasteiger partial charge in [-0.05, 0) is 122 Å². The lowest BCUT2D eigenvalue weighted by Gasteiger charge is -2.32. The van der Waals surface area contributed by atoms with Crippen LogP contribution in [0.25, 0.3) is 22.3 Å². The van der Waals surface area contributed by atoms with Crippen LogP contribution in [0.3, 0.4) is 0 Å². The Morgan fingerprint density at radius 1 is 0.591 bits per heavy atom. The lowest BCUT2D eigenvalue weighted by atomic mass is 9.77. The topological polar surface area (TPSA) is 167 Å². The summed E-state index contributed by atoms with van der Waals surface area (Å²) < 4.78 is 36.6. The maximum Gasteiger partial charge on any atom is 0.417 e. The van der Waals surface area contributed by atoms with Crippen LogP contribution in [0.2, 0.25) is 0 Å². The van der Waals surface area contributed by atoms with Crippen molar-refractivity contribution in [3.63, 3.8) is 0 Å². The van der Waals surface area contributed by atoms with Crippen molar-refractivity contribution in [2.45, 2.75) is 104 Å². The minimum Gasteiger partial charge on any atom is -0.492 e. The second-order valence-electron chi connectivity index (χ2n) is 17.2. The molecule has 1 saturated carbocycles. The Balaban J connectivity index is 1.64. The van der Waals surface area contributed by atoms with E-state index in [4.69, 9.17) is 23.7 Å². The van der Waals surface area contributed by atoms with Gasteiger partial charge < -0.3 is 33.2 Å². The molecule has 0 saturated heterocycles. The van der Waals surface area contributed by atoms with Crippen LogP contribution in [0.1, 0.15) is 108 Å². The second kappa shape index (κ2) is 26.0. The normalized spacial score (nSPS) is 14.6. The molecule has 0 aromatic heterocycles. The zero-order chi connectivity index (χ0) is 48.2. The Labute approximate surface area is 389 Å². The van der Waals surface area contributed by atoms with Crippen LogP contribution in [0.5, 0.6) is 5.75 Å². The van der Waals surface area contributed by atoms with E-state index in [0.29, 0.717) is 30.1 Å². The first-order chi connectivity index (χ1) is 31.6. The van der Waals surface area contributed by atoms with Gasteiger partial charge in [0.2, 0.25) is 0 Å². The van der Waals surface area contributed by atoms with Gasteiger partial charge in [0.15, 0.2) is 0 Å². The molecule has 1 fully saturated rings. The molecular formula is C53H66O13. The van der Waals surface area contributed by atoms with E-state index >= 15 is 0 Å². The predicted molar refractivity (Wildman–Crippen MR) is 249 cm³/mol. The van der Waals surface area contributed by atoms with Crippen LogP contribution >= 0.6 is 0 Å². The summed E-state index contributed by atoms with van der Waals surface area (Å²) in [4.78, 5) is 73.7. The number of carbonyl (C=O) groups excluding carboxylic acids is 6. The Morgan fingerprint density at radius 2 is 1.12 bits per heavy atom. The van der Waals surface area contributed by atoms with Crippen LogP contribution in [-0.2, 0) is 70.0 Å². The number of esters is 6. The highest BCUT2D eigenvalue weighted by molar-refractivity contribution is 6.30. The molecule has 0 spiro atoms. The summed E-state index contributed by atoms with van der Waals surface area (Å²) in [6, 6.07) is 21.1. The summed E-state index contributed by atoms with van der Waals surface area (Å²) in [5, 5.41) is 0. The van der Waals surface area contributed by atoms with E-state index in [0.717, 1.165) is 48.8 Å². The van der Waals surface area contributed by atoms with Crippen molar-refractivity contribution in [3.8, 4) is 28.0 Å². The van der Waals surface area contributed by atoms with Gasteiger partial charge in [-0.3, -0.25) is 0 Å². The van der Waals surface area contributed by atoms with Gasteiger partial charge in [0.05, 0.1) is 20.8 Å². The summed E-state index contributed by atoms with van der Waals surface area (Å²) in [5.41, 5.74) is 6.12. The second-order valence-corrected chi connectivity index (χ2v) is 17.2. The van der Waals surface area contributed by atoms with Crippen molar-refractivity contribution in [3.05, 3.63) is 102 Å². The highest BCUT2D eigenvalue weighted by Crippen LogP contribution is 2.39. The van der Waals surface area contributed by atoms with Crippen LogP contribution in [0.4, 0.5) is 0 Å². The van der Waals surface area contributed by atoms with Gasteiger partial charge in [-0.1, -0.05) is 101 Å². The maximum atomic E-state index is 12.6. The van der Waals surface area contributed by atoms with Gasteiger partial charge >= 0.3 is 35.8 Å². The van der Waals surface area contributed by atoms with E-state index in [1.165, 1.54) is 69.4 Å². The molecule has 0 bridgehead atoms. The number of hydrogen-bond acceptors (Lipinski definition) is 13. The van der Waals surface area contributed by atoms with E-state index < -0.39 is 67.7 Å². The smallest absolute Gasteiger partial charge is 0.417 e. The molecular weight excluding hydrogens is 845 g/mol. The number of unbranched alkanes of at least 4 members (excludes halogenated alkanes) is 2. The van der Waals surface area contributed by atoms with Crippen LogP contribution in [0.15, 0.2) is 85.0 Å². The predicted octanol–water partition coefficient (Wildman–Crippen LogP) is 9.41. The number of carbonyl (C=O) groups is 6. The standard InChI is InChI=1S/C53H66O13/c1-9-11-12-14-37-16-18-39(19-17-37)40-20-22-41(23-21-40)45-26-24-42(29-38(45)10-2)43-25-27-46(44(30-43)15-13-28-62-47(54)35(3)4)63-31-53(32-64-48(55)36(5)6,33-65-51(58)49(56)60-7)34-66-52(59)50(57)61-8/h20-27,29-30,37,39H,3,5,9-19,28,31-34H2,1-2,4,6-8H3. The van der Waals surface area contributed by atoms with E-state index in [-0.39, 0.29) is 17.8 Å². The molecule has 0 atom stereocenters. The minimum absolute atomic E-state index is 0.0472. The molecule has 4 rings (SSSR count). The Kier molecular flexibility index (Phi) is 20.7. The molecule has 1 aliphatic rings. The zero-order valence-corrected chi connectivity index (χ0v) is 39.5. The third-order valence-electron chi connectivity index (χ3n) is 11.9. The van der Waals surface area contributed by atoms with Crippen molar-refractivity contribution < 1.29 is 61.9 Å². The Morgan fingerprint density at radius 3 is 1.67 bits per heavy atom. The van der Waals surface area contributed by atoms with E-state index in [1.54, 1.807) is 13.0 Å². The van der Waals surface area contributed by atoms with E-state index in [1.807, 2.05) is 12.1 Å². The number of methoxy groups -OCH3 is 2. The van der Waals surface area contributed by atoms with Gasteiger partial charge in [-0.15, -0.1) is 0 Å². The largest absolute Gasteiger partial charge is 0.492 e. The summed E-state index contributed by atoms with van der Waals surface area (Å²) in [5.74, 6) is -4.86. The monoisotopic (exact) mass is 910 g/mol. The Bertz CT molecular complexity index is 2150. The molecule has 3 aromatic carbocycles. The summed E-state index contributed by atoms with van der Waals surface area (Å²) in [6.07, 6.45) is 12.0. The fraction of sp³-hybridized carbons (Fsp3) is 0.472. The summed E-state index contributed by atoms with van der Waals surface area (Å²) in [6.45, 7) is 12.4. The third-order valence-corrected chi connectivity index (χ3v) is 11.9. The first-order valence-electron chi connectivity index (χ1n) is 22.8. The van der Waals surface area contributed by atoms with Gasteiger partial charge in [0, 0.05) is 11.1 Å². The van der Waals surface area contributed by atoms with E-state index in [2.05, 4.69) is 78.9 Å². The summed E-state index contributed by atoms with van der Waals surface area (Å²) >= 11 is 0. The molecule has 0 aliphatic heterocycles. The molecule has 3 aromatic rings. The quantitative estimate of drug-likeness (QED) is 0.0291. The molecule has 13 nitrogen and oxygen atoms in total. The van der Waals surface area contributed by atoms with Crippen molar-refractivity contribution in [2.24, 2.45) is 11.3 Å². The number of ether oxygens (including phenoxy) is 7. The van der Waals surface area contributed by atoms with Crippen LogP contribution in [0, 0.1) is 11.3 Å². The van der Waals surface area contributed by atoms with Gasteiger partial charge in [-0.25, -0.2) is 28.8 Å². The van der Waals surface area contributed by atoms with Gasteiger partial charge in [0.1, 0.15) is 37.6 Å². The average Bonchev–Trinajstić information content (AvgIpc) is 3.34. The molecule has 1 aliphatic carbocycles. The van der Waals surface area contributed by atoms with Crippen LogP contribution < -0.4 is 4.74 Å². The van der Waals surface area contributed by atoms with Crippen LogP contribution in [-0.4, -0.2) is 83.1 Å². The molecule has 66 heavy (non-hydrogen) atoms. The van der Waals surface area contributed by atoms with Crippen molar-refractivity contribution >= 4 is 35.8 Å². The molecule has 356 valence electrons. The van der Waals surface area contributed by atoms with Gasteiger partial charge in [0.25, 0.3) is 0 Å². The zero-order valence-electron chi connectivity index (χ0n) is 39.5. The van der Waals surface area contributed by atoms with Gasteiger partial charge in [-0.2, -0.15) is 0 Å². The molecule has 0 amide bonds. The molecule has 0 radical (unpaired) electrons. The minimum atomic E-state index is -1.68. The van der Waals surface area contributed by atoms with Crippen molar-refractivity contribution in [1.29, 1.82) is 0 Å². The molecule has 13 heteroatoms. The fourth-order valence-corrected chi connectivity index (χ4v) is 7.94. The number of hydrogen-bond donors (Lipinski definition) is 0. The van der Waals surface area contributed by atoms with Crippen molar-refractivity contribution in [2.75, 3.05) is 47.3 Å². The number of benzene rings is 3. The molecule has 0 unspecified atom stereocenters. The number of rotatable bonds is 23. The Hall–Kier alpha value is -6.24. The lowest BCUT2D eigenvalue weighted by Crippen LogP contribution is -2.45. The first-order valence-corrected chi connectivity index (χ1v) is 22.8. The maximum absolute atomic E-state index is 12.6. The highest BCUT2D eigenvalue weighted by atomic mass is 16.6. The number of aryl methyl sites for hydroxylation is 2. The SMILES string of the molecule is C=C(C)C(=O)OCCCc1cc(-c2ccc(-c3ccc(C4CCC(CCCCC)CC4)cc3)c(CC)c2)ccc1OCC(COC(=O)C(=C)C)(COC(=O)C(=O)OC)COC(=O)C(=O)OC. The third kappa shape index (κ3) is 15.4. The van der Waals surface area contributed by atoms with E-state index in [9.17, 15) is 28.8 Å². The summed E-state index contributed by atoms with van der Waals surface area (Å²) in [7, 11) is 1.99. The lowest BCUT2D eigenvalue weighted by molar-refractivity contribution is -0.177. The molecule has 0 N–H and O–H groups in total. The first kappa shape index (κ1) is 52.4. The molecule has 0 heterocycles. The van der Waals surface area contributed by atoms with Crippen molar-refractivity contribution in [1.82, 2.24) is 0 Å².